The predicted octanol–water partition coefficient (Wildman–Crippen LogP) is 3.48. The Morgan fingerprint density at radius 3 is 2.38 bits per heavy atom. The number of benzene rings is 1. The molecule has 1 aromatic heterocycles. The molecule has 2 fully saturated rings. The van der Waals surface area contributed by atoms with E-state index in [0.717, 1.165) is 29.9 Å². The Hall–Kier alpha value is -2.67. The van der Waals surface area contributed by atoms with Gasteiger partial charge < -0.3 is 14.7 Å². The van der Waals surface area contributed by atoms with Crippen LogP contribution in [0.1, 0.15) is 33.1 Å². The molecule has 1 saturated heterocycles. The molecule has 7 nitrogen and oxygen atoms in total. The van der Waals surface area contributed by atoms with Crippen molar-refractivity contribution in [1.29, 1.82) is 0 Å². The maximum absolute atomic E-state index is 12.9. The topological polar surface area (TPSA) is 69.6 Å². The Labute approximate surface area is 194 Å². The number of hydrogen-bond donors (Lipinski definition) is 0. The monoisotopic (exact) mass is 455 g/mol. The first-order valence-electron chi connectivity index (χ1n) is 11.3. The molecule has 170 valence electrons. The summed E-state index contributed by atoms with van der Waals surface area (Å²) in [6.45, 7) is 6.88. The van der Waals surface area contributed by atoms with Crippen LogP contribution >= 0.6 is 11.6 Å². The maximum atomic E-state index is 12.9. The lowest BCUT2D eigenvalue weighted by Crippen LogP contribution is -2.52. The van der Waals surface area contributed by atoms with Crippen LogP contribution in [0.25, 0.3) is 11.3 Å². The third-order valence-electron chi connectivity index (χ3n) is 5.95. The van der Waals surface area contributed by atoms with Crippen LogP contribution < -0.4 is 4.90 Å². The summed E-state index contributed by atoms with van der Waals surface area (Å²) in [5.74, 6) is 1.23. The summed E-state index contributed by atoms with van der Waals surface area (Å²) in [4.78, 5) is 31.2. The number of rotatable bonds is 7. The number of carbonyl (C=O) groups excluding carboxylic acids is 2. The lowest BCUT2D eigenvalue weighted by molar-refractivity contribution is -0.141. The van der Waals surface area contributed by atoms with Gasteiger partial charge in [0.25, 0.3) is 0 Å². The van der Waals surface area contributed by atoms with Gasteiger partial charge in [-0.3, -0.25) is 9.59 Å². The van der Waals surface area contributed by atoms with Gasteiger partial charge in [0.1, 0.15) is 6.54 Å². The van der Waals surface area contributed by atoms with Crippen molar-refractivity contribution in [2.75, 3.05) is 37.6 Å². The number of piperazine rings is 1. The second-order valence-corrected chi connectivity index (χ2v) is 9.38. The van der Waals surface area contributed by atoms with Crippen molar-refractivity contribution in [3.8, 4) is 11.3 Å². The number of carbonyl (C=O) groups is 2. The van der Waals surface area contributed by atoms with E-state index in [1.54, 1.807) is 4.90 Å². The third kappa shape index (κ3) is 5.38. The highest BCUT2D eigenvalue weighted by atomic mass is 35.5. The van der Waals surface area contributed by atoms with Gasteiger partial charge in [0.2, 0.25) is 11.8 Å². The highest BCUT2D eigenvalue weighted by molar-refractivity contribution is 6.33. The number of hydrogen-bond acceptors (Lipinski definition) is 5. The van der Waals surface area contributed by atoms with Crippen LogP contribution in [-0.2, 0) is 9.59 Å². The van der Waals surface area contributed by atoms with Gasteiger partial charge >= 0.3 is 0 Å². The second-order valence-electron chi connectivity index (χ2n) is 8.98. The largest absolute Gasteiger partial charge is 0.352 e. The van der Waals surface area contributed by atoms with Gasteiger partial charge in [-0.2, -0.15) is 0 Å². The van der Waals surface area contributed by atoms with Crippen LogP contribution in [0.2, 0.25) is 5.02 Å². The Morgan fingerprint density at radius 2 is 1.78 bits per heavy atom. The third-order valence-corrected chi connectivity index (χ3v) is 6.28. The number of nitrogens with zero attached hydrogens (tertiary/aromatic N) is 5. The number of amides is 2. The summed E-state index contributed by atoms with van der Waals surface area (Å²) >= 11 is 6.26. The molecule has 0 N–H and O–H groups in total. The second kappa shape index (κ2) is 9.86. The molecule has 2 amide bonds. The van der Waals surface area contributed by atoms with Gasteiger partial charge in [-0.15, -0.1) is 10.2 Å². The van der Waals surface area contributed by atoms with E-state index in [0.29, 0.717) is 43.5 Å². The van der Waals surface area contributed by atoms with E-state index in [9.17, 15) is 9.59 Å². The minimum Gasteiger partial charge on any atom is -0.352 e. The van der Waals surface area contributed by atoms with Gasteiger partial charge in [0, 0.05) is 44.2 Å². The van der Waals surface area contributed by atoms with E-state index in [2.05, 4.69) is 15.1 Å². The molecule has 8 heteroatoms. The zero-order valence-electron chi connectivity index (χ0n) is 18.7. The molecule has 0 spiro atoms. The van der Waals surface area contributed by atoms with Crippen molar-refractivity contribution in [3.05, 3.63) is 41.4 Å². The quantitative estimate of drug-likeness (QED) is 0.639. The Balaban J connectivity index is 1.32. The standard InChI is InChI=1S/C24H30ClN5O2/c1-17(2)15-23(31)30(18-7-8-18)16-24(32)29-13-11-28(12-14-29)22-10-9-21(26-27-22)19-5-3-4-6-20(19)25/h3-6,9-10,17-18H,7-8,11-16H2,1-2H3. The smallest absolute Gasteiger partial charge is 0.242 e. The maximum Gasteiger partial charge on any atom is 0.242 e. The molecule has 0 radical (unpaired) electrons. The van der Waals surface area contributed by atoms with Crippen LogP contribution in [0.4, 0.5) is 5.82 Å². The fraction of sp³-hybridized carbons (Fsp3) is 0.500. The van der Waals surface area contributed by atoms with Crippen molar-refractivity contribution in [3.63, 3.8) is 0 Å². The van der Waals surface area contributed by atoms with Crippen molar-refractivity contribution in [2.24, 2.45) is 5.92 Å². The first kappa shape index (κ1) is 22.5. The SMILES string of the molecule is CC(C)CC(=O)N(CC(=O)N1CCN(c2ccc(-c3ccccc3Cl)nn2)CC1)C1CC1. The number of halogens is 1. The predicted molar refractivity (Wildman–Crippen MR) is 125 cm³/mol. The van der Waals surface area contributed by atoms with E-state index < -0.39 is 0 Å². The van der Waals surface area contributed by atoms with Gasteiger partial charge in [0.15, 0.2) is 5.82 Å². The van der Waals surface area contributed by atoms with Crippen LogP contribution in [0, 0.1) is 5.92 Å². The van der Waals surface area contributed by atoms with Crippen LogP contribution in [0.5, 0.6) is 0 Å². The van der Waals surface area contributed by atoms with Crippen molar-refractivity contribution < 1.29 is 9.59 Å². The lowest BCUT2D eigenvalue weighted by Gasteiger charge is -2.36. The van der Waals surface area contributed by atoms with Gasteiger partial charge in [0.05, 0.1) is 10.7 Å². The van der Waals surface area contributed by atoms with Crippen molar-refractivity contribution >= 4 is 29.2 Å². The fourth-order valence-corrected chi connectivity index (χ4v) is 4.24. The van der Waals surface area contributed by atoms with Crippen molar-refractivity contribution in [2.45, 2.75) is 39.2 Å². The zero-order chi connectivity index (χ0) is 22.7. The minimum atomic E-state index is 0.0359. The van der Waals surface area contributed by atoms with E-state index in [4.69, 9.17) is 11.6 Å². The molecule has 2 aromatic rings. The Morgan fingerprint density at radius 1 is 1.06 bits per heavy atom. The molecule has 0 bridgehead atoms. The molecule has 1 aromatic carbocycles. The first-order chi connectivity index (χ1) is 15.4. The average molecular weight is 456 g/mol. The van der Waals surface area contributed by atoms with Gasteiger partial charge in [-0.05, 0) is 37.0 Å². The highest BCUT2D eigenvalue weighted by Crippen LogP contribution is 2.28. The molecule has 32 heavy (non-hydrogen) atoms. The summed E-state index contributed by atoms with van der Waals surface area (Å²) in [5.41, 5.74) is 1.59. The molecule has 2 aliphatic rings. The van der Waals surface area contributed by atoms with Gasteiger partial charge in [-0.25, -0.2) is 0 Å². The minimum absolute atomic E-state index is 0.0359. The molecule has 0 atom stereocenters. The van der Waals surface area contributed by atoms with E-state index in [-0.39, 0.29) is 24.4 Å². The molecule has 2 heterocycles. The molecule has 1 saturated carbocycles. The fourth-order valence-electron chi connectivity index (χ4n) is 4.01. The molecule has 1 aliphatic heterocycles. The molecular formula is C24H30ClN5O2. The number of aromatic nitrogens is 2. The summed E-state index contributed by atoms with van der Waals surface area (Å²) in [7, 11) is 0. The first-order valence-corrected chi connectivity index (χ1v) is 11.7. The molecule has 4 rings (SSSR count). The van der Waals surface area contributed by atoms with Crippen LogP contribution in [0.15, 0.2) is 36.4 Å². The number of anilines is 1. The van der Waals surface area contributed by atoms with Crippen LogP contribution in [-0.4, -0.2) is 70.6 Å². The van der Waals surface area contributed by atoms with E-state index >= 15 is 0 Å². The summed E-state index contributed by atoms with van der Waals surface area (Å²) in [6.07, 6.45) is 2.52. The normalized spacial score (nSPS) is 16.4. The summed E-state index contributed by atoms with van der Waals surface area (Å²) in [6, 6.07) is 11.7. The Bertz CT molecular complexity index is 953. The average Bonchev–Trinajstić information content (AvgIpc) is 3.63. The molecule has 0 unspecified atom stereocenters. The summed E-state index contributed by atoms with van der Waals surface area (Å²) < 4.78 is 0. The highest BCUT2D eigenvalue weighted by Gasteiger charge is 2.35. The lowest BCUT2D eigenvalue weighted by atomic mass is 10.1. The zero-order valence-corrected chi connectivity index (χ0v) is 19.5. The van der Waals surface area contributed by atoms with Crippen molar-refractivity contribution in [1.82, 2.24) is 20.0 Å². The molecular weight excluding hydrogens is 426 g/mol. The van der Waals surface area contributed by atoms with Gasteiger partial charge in [-0.1, -0.05) is 43.6 Å². The Kier molecular flexibility index (Phi) is 6.94. The van der Waals surface area contributed by atoms with E-state index in [1.165, 1.54) is 0 Å². The summed E-state index contributed by atoms with van der Waals surface area (Å²) in [5, 5.41) is 9.38. The van der Waals surface area contributed by atoms with E-state index in [1.807, 2.05) is 55.1 Å². The molecule has 1 aliphatic carbocycles. The van der Waals surface area contributed by atoms with Crippen LogP contribution in [0.3, 0.4) is 0 Å².